The van der Waals surface area contributed by atoms with E-state index in [1.165, 1.54) is 30.4 Å². The predicted octanol–water partition coefficient (Wildman–Crippen LogP) is 0.929. The third-order valence-electron chi connectivity index (χ3n) is 1.97. The van der Waals surface area contributed by atoms with Gasteiger partial charge >= 0.3 is 12.1 Å². The first-order valence-electron chi connectivity index (χ1n) is 5.07. The zero-order chi connectivity index (χ0) is 13.5. The number of carboxylic acids is 1. The fraction of sp³-hybridized carbons (Fsp3) is 0.273. The Labute approximate surface area is 104 Å². The molecule has 0 aromatic carbocycles. The number of carboxylic acid groups (broad SMARTS) is 1. The van der Waals surface area contributed by atoms with Crippen LogP contribution in [0.3, 0.4) is 0 Å². The molecule has 0 radical (unpaired) electrons. The number of carbonyl (C=O) groups excluding carboxylic acids is 1. The molecule has 0 saturated heterocycles. The van der Waals surface area contributed by atoms with Crippen LogP contribution in [0.1, 0.15) is 16.2 Å². The fourth-order valence-corrected chi connectivity index (χ4v) is 1.06. The van der Waals surface area contributed by atoms with E-state index in [4.69, 9.17) is 9.84 Å². The molecule has 1 rings (SSSR count). The van der Waals surface area contributed by atoms with Crippen LogP contribution in [0.2, 0.25) is 0 Å². The van der Waals surface area contributed by atoms with E-state index in [-0.39, 0.29) is 18.7 Å². The van der Waals surface area contributed by atoms with E-state index in [9.17, 15) is 9.59 Å². The van der Waals surface area contributed by atoms with Gasteiger partial charge in [0.1, 0.15) is 12.4 Å². The first-order chi connectivity index (χ1) is 8.54. The molecule has 1 amide bonds. The van der Waals surface area contributed by atoms with Crippen LogP contribution in [0.15, 0.2) is 25.0 Å². The van der Waals surface area contributed by atoms with Gasteiger partial charge in [-0.05, 0) is 0 Å². The smallest absolute Gasteiger partial charge is 0.410 e. The molecule has 0 saturated carbocycles. The fourth-order valence-electron chi connectivity index (χ4n) is 1.06. The molecule has 0 aliphatic carbocycles. The molecule has 1 N–H and O–H groups in total. The Bertz CT molecular complexity index is 444. The van der Waals surface area contributed by atoms with E-state index < -0.39 is 12.1 Å². The number of aromatic carboxylic acids is 1. The maximum Gasteiger partial charge on any atom is 0.410 e. The average Bonchev–Trinajstić information content (AvgIpc) is 2.36. The molecular weight excluding hydrogens is 238 g/mol. The van der Waals surface area contributed by atoms with Crippen molar-refractivity contribution in [3.63, 3.8) is 0 Å². The zero-order valence-electron chi connectivity index (χ0n) is 9.87. The maximum absolute atomic E-state index is 11.4. The predicted molar refractivity (Wildman–Crippen MR) is 62.0 cm³/mol. The number of rotatable bonds is 5. The second kappa shape index (κ2) is 6.33. The van der Waals surface area contributed by atoms with Crippen molar-refractivity contribution in [2.24, 2.45) is 0 Å². The van der Waals surface area contributed by atoms with Gasteiger partial charge in [-0.15, -0.1) is 0 Å². The second-order valence-corrected chi connectivity index (χ2v) is 3.41. The van der Waals surface area contributed by atoms with Gasteiger partial charge < -0.3 is 14.7 Å². The van der Waals surface area contributed by atoms with Gasteiger partial charge in [-0.3, -0.25) is 0 Å². The van der Waals surface area contributed by atoms with Crippen molar-refractivity contribution in [1.82, 2.24) is 14.9 Å². The van der Waals surface area contributed by atoms with Crippen molar-refractivity contribution in [2.75, 3.05) is 13.7 Å². The number of carbonyl (C=O) groups is 2. The summed E-state index contributed by atoms with van der Waals surface area (Å²) in [5.74, 6) is -0.765. The second-order valence-electron chi connectivity index (χ2n) is 3.41. The van der Waals surface area contributed by atoms with E-state index in [1.54, 1.807) is 0 Å². The van der Waals surface area contributed by atoms with Gasteiger partial charge in [-0.25, -0.2) is 19.6 Å². The highest BCUT2D eigenvalue weighted by molar-refractivity contribution is 5.86. The van der Waals surface area contributed by atoms with Gasteiger partial charge in [0.05, 0.1) is 12.1 Å². The third-order valence-corrected chi connectivity index (χ3v) is 1.97. The summed E-state index contributed by atoms with van der Waals surface area (Å²) < 4.78 is 4.81. The van der Waals surface area contributed by atoms with Crippen molar-refractivity contribution in [1.29, 1.82) is 0 Å². The Hall–Kier alpha value is -2.44. The van der Waals surface area contributed by atoms with Gasteiger partial charge in [-0.2, -0.15) is 0 Å². The van der Waals surface area contributed by atoms with Crippen molar-refractivity contribution < 1.29 is 19.4 Å². The average molecular weight is 251 g/mol. The molecule has 18 heavy (non-hydrogen) atoms. The van der Waals surface area contributed by atoms with E-state index >= 15 is 0 Å². The standard InChI is InChI=1S/C11H13N3O4/c1-3-4-18-11(17)14(2)7-9-12-5-8(6-13-9)10(15)16/h3,5-6H,1,4,7H2,2H3,(H,15,16). The number of hydrogen-bond donors (Lipinski definition) is 1. The first kappa shape index (κ1) is 13.6. The lowest BCUT2D eigenvalue weighted by atomic mass is 10.3. The number of ether oxygens (including phenoxy) is 1. The quantitative estimate of drug-likeness (QED) is 0.782. The summed E-state index contributed by atoms with van der Waals surface area (Å²) in [6, 6.07) is 0. The SMILES string of the molecule is C=CCOC(=O)N(C)Cc1ncc(C(=O)O)cn1. The van der Waals surface area contributed by atoms with Gasteiger partial charge in [0.25, 0.3) is 0 Å². The van der Waals surface area contributed by atoms with E-state index in [0.717, 1.165) is 0 Å². The van der Waals surface area contributed by atoms with Crippen LogP contribution in [0, 0.1) is 0 Å². The maximum atomic E-state index is 11.4. The lowest BCUT2D eigenvalue weighted by molar-refractivity contribution is 0.0695. The molecule has 7 heteroatoms. The van der Waals surface area contributed by atoms with E-state index in [2.05, 4.69) is 16.5 Å². The Morgan fingerprint density at radius 3 is 2.61 bits per heavy atom. The van der Waals surface area contributed by atoms with Crippen LogP contribution in [0.5, 0.6) is 0 Å². The van der Waals surface area contributed by atoms with Crippen molar-refractivity contribution in [3.05, 3.63) is 36.4 Å². The molecule has 0 aliphatic rings. The summed E-state index contributed by atoms with van der Waals surface area (Å²) >= 11 is 0. The Kier molecular flexibility index (Phi) is 4.79. The van der Waals surface area contributed by atoms with Crippen LogP contribution < -0.4 is 0 Å². The van der Waals surface area contributed by atoms with Crippen LogP contribution in [-0.4, -0.2) is 45.7 Å². The molecular formula is C11H13N3O4. The van der Waals surface area contributed by atoms with Crippen LogP contribution in [0.25, 0.3) is 0 Å². The monoisotopic (exact) mass is 251 g/mol. The first-order valence-corrected chi connectivity index (χ1v) is 5.07. The van der Waals surface area contributed by atoms with Crippen molar-refractivity contribution in [3.8, 4) is 0 Å². The molecule has 96 valence electrons. The van der Waals surface area contributed by atoms with Crippen LogP contribution in [0.4, 0.5) is 4.79 Å². The Morgan fingerprint density at radius 2 is 2.11 bits per heavy atom. The van der Waals surface area contributed by atoms with Crippen molar-refractivity contribution in [2.45, 2.75) is 6.54 Å². The van der Waals surface area contributed by atoms with Crippen LogP contribution in [-0.2, 0) is 11.3 Å². The van der Waals surface area contributed by atoms with E-state index in [0.29, 0.717) is 5.82 Å². The summed E-state index contributed by atoms with van der Waals surface area (Å²) in [7, 11) is 1.53. The Morgan fingerprint density at radius 1 is 1.50 bits per heavy atom. The molecule has 7 nitrogen and oxygen atoms in total. The molecule has 1 aromatic rings. The van der Waals surface area contributed by atoms with Gasteiger partial charge in [0.15, 0.2) is 0 Å². The number of amides is 1. The normalized spacial score (nSPS) is 9.61. The van der Waals surface area contributed by atoms with E-state index in [1.807, 2.05) is 0 Å². The Balaban J connectivity index is 2.58. The van der Waals surface area contributed by atoms with Gasteiger partial charge in [-0.1, -0.05) is 12.7 Å². The molecule has 0 fully saturated rings. The molecule has 0 unspecified atom stereocenters. The molecule has 0 bridgehead atoms. The van der Waals surface area contributed by atoms with Gasteiger partial charge in [0.2, 0.25) is 0 Å². The molecule has 1 aromatic heterocycles. The summed E-state index contributed by atoms with van der Waals surface area (Å²) in [4.78, 5) is 30.9. The molecule has 1 heterocycles. The minimum atomic E-state index is -1.10. The summed E-state index contributed by atoms with van der Waals surface area (Å²) in [5, 5.41) is 8.67. The summed E-state index contributed by atoms with van der Waals surface area (Å²) in [5.41, 5.74) is -0.00404. The third kappa shape index (κ3) is 3.85. The number of nitrogens with zero attached hydrogens (tertiary/aromatic N) is 3. The molecule has 0 atom stereocenters. The lowest BCUT2D eigenvalue weighted by Gasteiger charge is -2.15. The molecule has 0 aliphatic heterocycles. The largest absolute Gasteiger partial charge is 0.478 e. The van der Waals surface area contributed by atoms with Crippen LogP contribution >= 0.6 is 0 Å². The minimum absolute atomic E-state index is 0.00404. The highest BCUT2D eigenvalue weighted by Gasteiger charge is 2.12. The summed E-state index contributed by atoms with van der Waals surface area (Å²) in [6.45, 7) is 3.69. The number of aromatic nitrogens is 2. The minimum Gasteiger partial charge on any atom is -0.478 e. The lowest BCUT2D eigenvalue weighted by Crippen LogP contribution is -2.28. The zero-order valence-corrected chi connectivity index (χ0v) is 9.87. The van der Waals surface area contributed by atoms with Crippen molar-refractivity contribution >= 4 is 12.1 Å². The summed E-state index contributed by atoms with van der Waals surface area (Å²) in [6.07, 6.45) is 3.31. The highest BCUT2D eigenvalue weighted by Crippen LogP contribution is 2.00. The topological polar surface area (TPSA) is 92.6 Å². The highest BCUT2D eigenvalue weighted by atomic mass is 16.6. The molecule has 0 spiro atoms. The van der Waals surface area contributed by atoms with Gasteiger partial charge in [0, 0.05) is 19.4 Å². The number of hydrogen-bond acceptors (Lipinski definition) is 5.